The van der Waals surface area contributed by atoms with Crippen molar-refractivity contribution in [1.29, 1.82) is 0 Å². The van der Waals surface area contributed by atoms with Gasteiger partial charge in [-0.05, 0) is 43.2 Å². The van der Waals surface area contributed by atoms with Gasteiger partial charge in [-0.15, -0.1) is 11.3 Å². The van der Waals surface area contributed by atoms with E-state index in [-0.39, 0.29) is 11.7 Å². The van der Waals surface area contributed by atoms with Gasteiger partial charge in [0.2, 0.25) is 0 Å². The largest absolute Gasteiger partial charge is 0.493 e. The maximum absolute atomic E-state index is 13.4. The van der Waals surface area contributed by atoms with Crippen molar-refractivity contribution in [2.75, 3.05) is 20.8 Å². The molecule has 0 aliphatic heterocycles. The Bertz CT molecular complexity index is 988. The monoisotopic (exact) mass is 400 g/mol. The van der Waals surface area contributed by atoms with E-state index >= 15 is 0 Å². The van der Waals surface area contributed by atoms with Crippen LogP contribution in [0.3, 0.4) is 0 Å². The van der Waals surface area contributed by atoms with E-state index in [1.165, 1.54) is 23.5 Å². The first-order valence-corrected chi connectivity index (χ1v) is 9.56. The first-order chi connectivity index (χ1) is 13.5. The normalized spacial score (nSPS) is 10.6. The summed E-state index contributed by atoms with van der Waals surface area (Å²) in [5.41, 5.74) is 2.32. The molecule has 3 rings (SSSR count). The summed E-state index contributed by atoms with van der Waals surface area (Å²) in [6.45, 7) is 2.25. The highest BCUT2D eigenvalue weighted by atomic mass is 32.1. The number of hydrogen-bond donors (Lipinski definition) is 1. The van der Waals surface area contributed by atoms with Gasteiger partial charge in [0, 0.05) is 12.1 Å². The van der Waals surface area contributed by atoms with Crippen LogP contribution in [0.1, 0.15) is 20.9 Å². The van der Waals surface area contributed by atoms with Crippen LogP contribution in [0.25, 0.3) is 10.6 Å². The fourth-order valence-corrected chi connectivity index (χ4v) is 3.77. The highest BCUT2D eigenvalue weighted by Gasteiger charge is 2.16. The second-order valence-electron chi connectivity index (χ2n) is 6.14. The molecule has 146 valence electrons. The third-order valence-electron chi connectivity index (χ3n) is 4.22. The Hall–Kier alpha value is -2.93. The van der Waals surface area contributed by atoms with Crippen molar-refractivity contribution in [1.82, 2.24) is 10.3 Å². The molecular weight excluding hydrogens is 379 g/mol. The standard InChI is InChI=1S/C21H21FN2O3S/c1-13-19(28-21(24-13)15-5-4-6-16(22)12-15)20(25)23-10-9-14-7-8-17(26-2)18(11-14)27-3/h4-8,11-12H,9-10H2,1-3H3,(H,23,25). The number of nitrogens with zero attached hydrogens (tertiary/aromatic N) is 1. The number of amides is 1. The van der Waals surface area contributed by atoms with Crippen molar-refractivity contribution in [3.05, 3.63) is 64.4 Å². The minimum atomic E-state index is -0.328. The zero-order valence-electron chi connectivity index (χ0n) is 15.9. The molecule has 7 heteroatoms. The van der Waals surface area contributed by atoms with Gasteiger partial charge < -0.3 is 14.8 Å². The number of methoxy groups -OCH3 is 2. The van der Waals surface area contributed by atoms with Crippen molar-refractivity contribution in [2.24, 2.45) is 0 Å². The van der Waals surface area contributed by atoms with Gasteiger partial charge in [-0.25, -0.2) is 9.37 Å². The smallest absolute Gasteiger partial charge is 0.263 e. The number of aryl methyl sites for hydroxylation is 1. The lowest BCUT2D eigenvalue weighted by Crippen LogP contribution is -2.25. The van der Waals surface area contributed by atoms with Crippen LogP contribution >= 0.6 is 11.3 Å². The molecule has 0 spiro atoms. The van der Waals surface area contributed by atoms with E-state index in [0.717, 1.165) is 5.56 Å². The van der Waals surface area contributed by atoms with Gasteiger partial charge in [0.25, 0.3) is 5.91 Å². The number of halogens is 1. The summed E-state index contributed by atoms with van der Waals surface area (Å²) >= 11 is 1.26. The maximum atomic E-state index is 13.4. The van der Waals surface area contributed by atoms with Crippen LogP contribution < -0.4 is 14.8 Å². The molecule has 0 saturated heterocycles. The van der Waals surface area contributed by atoms with Crippen molar-refractivity contribution < 1.29 is 18.7 Å². The van der Waals surface area contributed by atoms with Gasteiger partial charge >= 0.3 is 0 Å². The molecule has 0 unspecified atom stereocenters. The highest BCUT2D eigenvalue weighted by Crippen LogP contribution is 2.29. The van der Waals surface area contributed by atoms with Crippen LogP contribution in [-0.4, -0.2) is 31.7 Å². The molecule has 1 aromatic heterocycles. The van der Waals surface area contributed by atoms with E-state index in [2.05, 4.69) is 10.3 Å². The number of ether oxygens (including phenoxy) is 2. The second kappa shape index (κ2) is 8.84. The number of carbonyl (C=O) groups is 1. The Morgan fingerprint density at radius 2 is 1.93 bits per heavy atom. The summed E-state index contributed by atoms with van der Waals surface area (Å²) in [6, 6.07) is 11.9. The average molecular weight is 400 g/mol. The van der Waals surface area contributed by atoms with Crippen LogP contribution in [0, 0.1) is 12.7 Å². The third kappa shape index (κ3) is 4.48. The number of thiazole rings is 1. The molecular formula is C21H21FN2O3S. The molecule has 0 aliphatic rings. The predicted octanol–water partition coefficient (Wildman–Crippen LogP) is 4.25. The van der Waals surface area contributed by atoms with Crippen molar-refractivity contribution in [3.63, 3.8) is 0 Å². The van der Waals surface area contributed by atoms with E-state index in [1.54, 1.807) is 33.3 Å². The molecule has 5 nitrogen and oxygen atoms in total. The quantitative estimate of drug-likeness (QED) is 0.644. The van der Waals surface area contributed by atoms with Gasteiger partial charge in [0.05, 0.1) is 19.9 Å². The van der Waals surface area contributed by atoms with Crippen molar-refractivity contribution in [3.8, 4) is 22.1 Å². The fraction of sp³-hybridized carbons (Fsp3) is 0.238. The lowest BCUT2D eigenvalue weighted by Gasteiger charge is -2.10. The lowest BCUT2D eigenvalue weighted by molar-refractivity contribution is 0.0957. The predicted molar refractivity (Wildman–Crippen MR) is 108 cm³/mol. The molecule has 3 aromatic rings. The molecule has 1 heterocycles. The summed E-state index contributed by atoms with van der Waals surface area (Å²) in [6.07, 6.45) is 0.653. The number of benzene rings is 2. The van der Waals surface area contributed by atoms with Gasteiger partial charge in [0.15, 0.2) is 11.5 Å². The van der Waals surface area contributed by atoms with Gasteiger partial charge in [-0.1, -0.05) is 18.2 Å². The van der Waals surface area contributed by atoms with E-state index in [9.17, 15) is 9.18 Å². The van der Waals surface area contributed by atoms with E-state index in [0.29, 0.717) is 45.6 Å². The van der Waals surface area contributed by atoms with Crippen molar-refractivity contribution in [2.45, 2.75) is 13.3 Å². The SMILES string of the molecule is COc1ccc(CCNC(=O)c2sc(-c3cccc(F)c3)nc2C)cc1OC. The molecule has 1 N–H and O–H groups in total. The third-order valence-corrected chi connectivity index (χ3v) is 5.43. The second-order valence-corrected chi connectivity index (χ2v) is 7.14. The number of aromatic nitrogens is 1. The number of rotatable bonds is 7. The van der Waals surface area contributed by atoms with Crippen LogP contribution in [-0.2, 0) is 6.42 Å². The molecule has 0 fully saturated rings. The molecule has 0 saturated carbocycles. The summed E-state index contributed by atoms with van der Waals surface area (Å²) in [5, 5.41) is 3.54. The van der Waals surface area contributed by atoms with E-state index in [4.69, 9.17) is 9.47 Å². The molecule has 0 radical (unpaired) electrons. The summed E-state index contributed by atoms with van der Waals surface area (Å²) in [4.78, 5) is 17.5. The summed E-state index contributed by atoms with van der Waals surface area (Å²) < 4.78 is 24.0. The average Bonchev–Trinajstić information content (AvgIpc) is 3.09. The topological polar surface area (TPSA) is 60.5 Å². The Morgan fingerprint density at radius 3 is 2.64 bits per heavy atom. The van der Waals surface area contributed by atoms with Gasteiger partial charge in [-0.3, -0.25) is 4.79 Å². The summed E-state index contributed by atoms with van der Waals surface area (Å²) in [7, 11) is 3.18. The van der Waals surface area contributed by atoms with Crippen LogP contribution in [0.4, 0.5) is 4.39 Å². The van der Waals surface area contributed by atoms with Crippen molar-refractivity contribution >= 4 is 17.2 Å². The Labute approximate surface area is 167 Å². The molecule has 0 atom stereocenters. The van der Waals surface area contributed by atoms with Gasteiger partial charge in [0.1, 0.15) is 15.7 Å². The first-order valence-electron chi connectivity index (χ1n) is 8.74. The molecule has 1 amide bonds. The lowest BCUT2D eigenvalue weighted by atomic mass is 10.1. The molecule has 0 bridgehead atoms. The molecule has 2 aromatic carbocycles. The van der Waals surface area contributed by atoms with E-state index < -0.39 is 0 Å². The number of carbonyl (C=O) groups excluding carboxylic acids is 1. The number of nitrogens with one attached hydrogen (secondary N) is 1. The molecule has 0 aliphatic carbocycles. The fourth-order valence-electron chi connectivity index (χ4n) is 2.79. The van der Waals surface area contributed by atoms with E-state index in [1.807, 2.05) is 18.2 Å². The Kier molecular flexibility index (Phi) is 6.26. The minimum Gasteiger partial charge on any atom is -0.493 e. The molecule has 28 heavy (non-hydrogen) atoms. The van der Waals surface area contributed by atoms with Crippen LogP contribution in [0.5, 0.6) is 11.5 Å². The van der Waals surface area contributed by atoms with Crippen LogP contribution in [0.15, 0.2) is 42.5 Å². The zero-order chi connectivity index (χ0) is 20.1. The zero-order valence-corrected chi connectivity index (χ0v) is 16.7. The Balaban J connectivity index is 1.64. The highest BCUT2D eigenvalue weighted by molar-refractivity contribution is 7.17. The van der Waals surface area contributed by atoms with Crippen LogP contribution in [0.2, 0.25) is 0 Å². The summed E-state index contributed by atoms with van der Waals surface area (Å²) in [5.74, 6) is 0.814. The number of hydrogen-bond acceptors (Lipinski definition) is 5. The Morgan fingerprint density at radius 1 is 1.14 bits per heavy atom. The van der Waals surface area contributed by atoms with Gasteiger partial charge in [-0.2, -0.15) is 0 Å². The first kappa shape index (κ1) is 19.8. The minimum absolute atomic E-state index is 0.182. The maximum Gasteiger partial charge on any atom is 0.263 e.